The molecule has 0 bridgehead atoms. The van der Waals surface area contributed by atoms with Gasteiger partial charge in [0.15, 0.2) is 0 Å². The van der Waals surface area contributed by atoms with Crippen LogP contribution in [0.25, 0.3) is 0 Å². The van der Waals surface area contributed by atoms with Crippen molar-refractivity contribution in [3.8, 4) is 0 Å². The van der Waals surface area contributed by atoms with Crippen LogP contribution in [0, 0.1) is 0 Å². The van der Waals surface area contributed by atoms with Crippen LogP contribution in [-0.2, 0) is 9.59 Å². The maximum Gasteiger partial charge on any atom is 0.254 e. The van der Waals surface area contributed by atoms with E-state index in [1.807, 2.05) is 11.8 Å². The lowest BCUT2D eigenvalue weighted by Crippen LogP contribution is -2.47. The molecule has 2 aliphatic heterocycles. The van der Waals surface area contributed by atoms with E-state index >= 15 is 0 Å². The fourth-order valence-corrected chi connectivity index (χ4v) is 3.47. The van der Waals surface area contributed by atoms with Crippen molar-refractivity contribution in [3.05, 3.63) is 29.8 Å². The molecule has 2 heterocycles. The molecule has 1 aromatic carbocycles. The molecule has 0 spiro atoms. The molecule has 1 fully saturated rings. The van der Waals surface area contributed by atoms with Crippen LogP contribution < -0.4 is 10.6 Å². The summed E-state index contributed by atoms with van der Waals surface area (Å²) in [4.78, 5) is 38.5. The van der Waals surface area contributed by atoms with Crippen LogP contribution in [0.15, 0.2) is 24.3 Å². The molecule has 1 unspecified atom stereocenters. The van der Waals surface area contributed by atoms with Crippen molar-refractivity contribution in [2.24, 2.45) is 0 Å². The zero-order valence-corrected chi connectivity index (χ0v) is 12.8. The van der Waals surface area contributed by atoms with E-state index < -0.39 is 6.04 Å². The summed E-state index contributed by atoms with van der Waals surface area (Å²) < 4.78 is 0. The molecular formula is C15H17N3O3S. The number of rotatable bonds is 2. The first kappa shape index (κ1) is 14.9. The number of thioether (sulfide) groups is 1. The number of fused-ring (bicyclic) bond motifs is 1. The van der Waals surface area contributed by atoms with Crippen LogP contribution in [0.1, 0.15) is 16.8 Å². The average molecular weight is 319 g/mol. The third-order valence-corrected chi connectivity index (χ3v) is 4.74. The number of carbonyl (C=O) groups excluding carboxylic acids is 3. The maximum absolute atomic E-state index is 12.3. The van der Waals surface area contributed by atoms with E-state index in [1.165, 1.54) is 0 Å². The van der Waals surface area contributed by atoms with Gasteiger partial charge in [-0.2, -0.15) is 11.8 Å². The summed E-state index contributed by atoms with van der Waals surface area (Å²) in [7, 11) is 0. The number of anilines is 1. The summed E-state index contributed by atoms with van der Waals surface area (Å²) in [6.07, 6.45) is -0.00374. The molecule has 1 saturated heterocycles. The number of carbonyl (C=O) groups is 3. The standard InChI is InChI=1S/C15H17N3O3S/c19-13(18-5-7-22-8-6-18)9-12-15(21)16-11-4-2-1-3-10(11)14(20)17-12/h1-4,12H,5-9H2,(H,16,21)(H,17,20). The third kappa shape index (κ3) is 3.09. The van der Waals surface area contributed by atoms with Crippen molar-refractivity contribution in [1.82, 2.24) is 10.2 Å². The number of hydrogen-bond acceptors (Lipinski definition) is 4. The first-order valence-electron chi connectivity index (χ1n) is 7.21. The fourth-order valence-electron chi connectivity index (χ4n) is 2.57. The monoisotopic (exact) mass is 319 g/mol. The Bertz CT molecular complexity index is 614. The van der Waals surface area contributed by atoms with Gasteiger partial charge >= 0.3 is 0 Å². The van der Waals surface area contributed by atoms with Crippen molar-refractivity contribution in [3.63, 3.8) is 0 Å². The highest BCUT2D eigenvalue weighted by atomic mass is 32.2. The molecule has 1 aromatic rings. The molecule has 22 heavy (non-hydrogen) atoms. The van der Waals surface area contributed by atoms with Crippen LogP contribution >= 0.6 is 11.8 Å². The second-order valence-corrected chi connectivity index (χ2v) is 6.48. The van der Waals surface area contributed by atoms with E-state index in [0.29, 0.717) is 24.3 Å². The van der Waals surface area contributed by atoms with Crippen molar-refractivity contribution in [2.45, 2.75) is 12.5 Å². The Morgan fingerprint density at radius 2 is 1.95 bits per heavy atom. The van der Waals surface area contributed by atoms with Gasteiger partial charge in [0.05, 0.1) is 17.7 Å². The normalized spacial score (nSPS) is 21.5. The van der Waals surface area contributed by atoms with E-state index in [-0.39, 0.29) is 24.1 Å². The molecule has 0 aromatic heterocycles. The van der Waals surface area contributed by atoms with Crippen LogP contribution in [-0.4, -0.2) is 53.3 Å². The predicted molar refractivity (Wildman–Crippen MR) is 84.8 cm³/mol. The molecule has 0 aliphatic carbocycles. The van der Waals surface area contributed by atoms with Crippen molar-refractivity contribution >= 4 is 35.2 Å². The van der Waals surface area contributed by atoms with E-state index in [1.54, 1.807) is 29.2 Å². The molecular weight excluding hydrogens is 302 g/mol. The molecule has 7 heteroatoms. The number of hydrogen-bond donors (Lipinski definition) is 2. The summed E-state index contributed by atoms with van der Waals surface area (Å²) in [5.41, 5.74) is 0.898. The SMILES string of the molecule is O=C1NC(CC(=O)N2CCSCC2)C(=O)Nc2ccccc21. The van der Waals surface area contributed by atoms with Crippen LogP contribution in [0.5, 0.6) is 0 Å². The van der Waals surface area contributed by atoms with Gasteiger partial charge in [-0.05, 0) is 12.1 Å². The molecule has 116 valence electrons. The minimum absolute atomic E-state index is 0.00374. The molecule has 2 aliphatic rings. The summed E-state index contributed by atoms with van der Waals surface area (Å²) in [5, 5.41) is 5.37. The molecule has 6 nitrogen and oxygen atoms in total. The van der Waals surface area contributed by atoms with Crippen molar-refractivity contribution < 1.29 is 14.4 Å². The largest absolute Gasteiger partial charge is 0.341 e. The van der Waals surface area contributed by atoms with Gasteiger partial charge in [0.25, 0.3) is 5.91 Å². The van der Waals surface area contributed by atoms with Gasteiger partial charge in [0.1, 0.15) is 6.04 Å². The smallest absolute Gasteiger partial charge is 0.254 e. The second-order valence-electron chi connectivity index (χ2n) is 5.26. The van der Waals surface area contributed by atoms with Gasteiger partial charge in [0.2, 0.25) is 11.8 Å². The van der Waals surface area contributed by atoms with E-state index in [4.69, 9.17) is 0 Å². The lowest BCUT2D eigenvalue weighted by molar-refractivity contribution is -0.133. The number of nitrogens with zero attached hydrogens (tertiary/aromatic N) is 1. The van der Waals surface area contributed by atoms with E-state index in [2.05, 4.69) is 10.6 Å². The van der Waals surface area contributed by atoms with Crippen LogP contribution in [0.2, 0.25) is 0 Å². The predicted octanol–water partition coefficient (Wildman–Crippen LogP) is 0.703. The molecule has 0 saturated carbocycles. The molecule has 1 atom stereocenters. The lowest BCUT2D eigenvalue weighted by atomic mass is 10.1. The Morgan fingerprint density at radius 3 is 2.73 bits per heavy atom. The van der Waals surface area contributed by atoms with Gasteiger partial charge < -0.3 is 15.5 Å². The Balaban J connectivity index is 1.71. The maximum atomic E-state index is 12.3. The van der Waals surface area contributed by atoms with Gasteiger partial charge in [-0.25, -0.2) is 0 Å². The van der Waals surface area contributed by atoms with Gasteiger partial charge in [-0.15, -0.1) is 0 Å². The summed E-state index contributed by atoms with van der Waals surface area (Å²) in [6, 6.07) is 5.99. The zero-order valence-electron chi connectivity index (χ0n) is 12.0. The summed E-state index contributed by atoms with van der Waals surface area (Å²) >= 11 is 1.82. The second kappa shape index (κ2) is 6.39. The number of nitrogens with one attached hydrogen (secondary N) is 2. The Morgan fingerprint density at radius 1 is 1.23 bits per heavy atom. The quantitative estimate of drug-likeness (QED) is 0.841. The Hall–Kier alpha value is -2.02. The van der Waals surface area contributed by atoms with Gasteiger partial charge in [-0.3, -0.25) is 14.4 Å². The van der Waals surface area contributed by atoms with E-state index in [9.17, 15) is 14.4 Å². The Labute approximate surface area is 132 Å². The molecule has 3 rings (SSSR count). The number of amides is 3. The summed E-state index contributed by atoms with van der Waals surface area (Å²) in [5.74, 6) is 1.06. The molecule has 3 amide bonds. The van der Waals surface area contributed by atoms with Crippen molar-refractivity contribution in [1.29, 1.82) is 0 Å². The number of benzene rings is 1. The minimum Gasteiger partial charge on any atom is -0.341 e. The van der Waals surface area contributed by atoms with E-state index in [0.717, 1.165) is 11.5 Å². The first-order valence-corrected chi connectivity index (χ1v) is 8.37. The van der Waals surface area contributed by atoms with Gasteiger partial charge in [0, 0.05) is 24.6 Å². The highest BCUT2D eigenvalue weighted by Gasteiger charge is 2.31. The van der Waals surface area contributed by atoms with Crippen molar-refractivity contribution in [2.75, 3.05) is 29.9 Å². The number of para-hydroxylation sites is 1. The highest BCUT2D eigenvalue weighted by Crippen LogP contribution is 2.19. The first-order chi connectivity index (χ1) is 10.6. The zero-order chi connectivity index (χ0) is 15.5. The van der Waals surface area contributed by atoms with Gasteiger partial charge in [-0.1, -0.05) is 12.1 Å². The summed E-state index contributed by atoms with van der Waals surface area (Å²) in [6.45, 7) is 1.40. The molecule has 2 N–H and O–H groups in total. The fraction of sp³-hybridized carbons (Fsp3) is 0.400. The van der Waals surface area contributed by atoms with Crippen LogP contribution in [0.4, 0.5) is 5.69 Å². The third-order valence-electron chi connectivity index (χ3n) is 3.79. The molecule has 0 radical (unpaired) electrons. The minimum atomic E-state index is -0.832. The van der Waals surface area contributed by atoms with Crippen LogP contribution in [0.3, 0.4) is 0 Å². The topological polar surface area (TPSA) is 78.5 Å². The highest BCUT2D eigenvalue weighted by molar-refractivity contribution is 7.99. The average Bonchev–Trinajstić information content (AvgIpc) is 2.66. The lowest BCUT2D eigenvalue weighted by Gasteiger charge is -2.27. The Kier molecular flexibility index (Phi) is 4.33.